The van der Waals surface area contributed by atoms with Crippen LogP contribution in [-0.2, 0) is 4.79 Å². The van der Waals surface area contributed by atoms with E-state index >= 15 is 0 Å². The van der Waals surface area contributed by atoms with Crippen LogP contribution in [0.4, 0.5) is 0 Å². The summed E-state index contributed by atoms with van der Waals surface area (Å²) >= 11 is 0. The van der Waals surface area contributed by atoms with E-state index in [2.05, 4.69) is 15.0 Å². The summed E-state index contributed by atoms with van der Waals surface area (Å²) < 4.78 is 0. The highest BCUT2D eigenvalue weighted by Crippen LogP contribution is 2.30. The molecule has 3 heterocycles. The van der Waals surface area contributed by atoms with Gasteiger partial charge in [-0.1, -0.05) is 24.3 Å². The third-order valence-corrected chi connectivity index (χ3v) is 5.12. The first-order valence-electron chi connectivity index (χ1n) is 9.73. The minimum absolute atomic E-state index is 0.431. The number of pyridine rings is 3. The lowest BCUT2D eigenvalue weighted by Gasteiger charge is -2.16. The molecule has 5 nitrogen and oxygen atoms in total. The second-order valence-electron chi connectivity index (χ2n) is 7.28. The number of carbonyl (C=O) groups excluding carboxylic acids is 1. The van der Waals surface area contributed by atoms with E-state index in [9.17, 15) is 4.79 Å². The van der Waals surface area contributed by atoms with Crippen LogP contribution in [0.3, 0.4) is 0 Å². The highest BCUT2D eigenvalue weighted by atomic mass is 16.1. The predicted octanol–water partition coefficient (Wildman–Crippen LogP) is 4.44. The predicted molar refractivity (Wildman–Crippen MR) is 118 cm³/mol. The molecule has 0 saturated carbocycles. The van der Waals surface area contributed by atoms with Gasteiger partial charge in [0.15, 0.2) is 0 Å². The van der Waals surface area contributed by atoms with Crippen molar-refractivity contribution in [2.45, 2.75) is 19.8 Å². The van der Waals surface area contributed by atoms with E-state index < -0.39 is 11.8 Å². The van der Waals surface area contributed by atoms with E-state index in [-0.39, 0.29) is 0 Å². The van der Waals surface area contributed by atoms with Gasteiger partial charge in [-0.2, -0.15) is 0 Å². The third kappa shape index (κ3) is 3.96. The van der Waals surface area contributed by atoms with Gasteiger partial charge in [0, 0.05) is 29.8 Å². The van der Waals surface area contributed by atoms with E-state index in [1.807, 2.05) is 74.5 Å². The molecule has 0 saturated heterocycles. The Morgan fingerprint density at radius 1 is 0.867 bits per heavy atom. The molecule has 0 aliphatic rings. The average molecular weight is 394 g/mol. The smallest absolute Gasteiger partial charge is 0.231 e. The fourth-order valence-electron chi connectivity index (χ4n) is 3.65. The van der Waals surface area contributed by atoms with Gasteiger partial charge in [-0.15, -0.1) is 0 Å². The van der Waals surface area contributed by atoms with Crippen molar-refractivity contribution in [3.05, 3.63) is 102 Å². The fourth-order valence-corrected chi connectivity index (χ4v) is 3.65. The van der Waals surface area contributed by atoms with Gasteiger partial charge in [0.05, 0.1) is 11.4 Å². The van der Waals surface area contributed by atoms with Gasteiger partial charge in [0.1, 0.15) is 5.92 Å². The van der Waals surface area contributed by atoms with Crippen molar-refractivity contribution < 1.29 is 4.79 Å². The molecule has 148 valence electrons. The van der Waals surface area contributed by atoms with Crippen LogP contribution in [-0.4, -0.2) is 20.9 Å². The zero-order valence-electron chi connectivity index (χ0n) is 16.9. The van der Waals surface area contributed by atoms with Crippen molar-refractivity contribution in [2.24, 2.45) is 5.73 Å². The summed E-state index contributed by atoms with van der Waals surface area (Å²) in [7, 11) is 0. The first-order chi connectivity index (χ1) is 14.5. The molecular formula is C25H22N4O. The van der Waals surface area contributed by atoms with Crippen molar-refractivity contribution in [2.75, 3.05) is 0 Å². The SMILES string of the molecule is Cc1cc(-c2ccc(C(C(N)=O)c3ccc(-c4ccccn4)cn3)cc2C)ccn1. The van der Waals surface area contributed by atoms with Crippen LogP contribution in [0, 0.1) is 13.8 Å². The van der Waals surface area contributed by atoms with E-state index in [1.54, 1.807) is 18.6 Å². The molecule has 0 fully saturated rings. The summed E-state index contributed by atoms with van der Waals surface area (Å²) in [6.45, 7) is 4.00. The molecule has 4 rings (SSSR count). The minimum atomic E-state index is -0.616. The number of benzene rings is 1. The molecule has 4 aromatic rings. The van der Waals surface area contributed by atoms with Gasteiger partial charge in [-0.05, 0) is 72.5 Å². The molecule has 5 heteroatoms. The van der Waals surface area contributed by atoms with E-state index in [0.717, 1.165) is 39.2 Å². The summed E-state index contributed by atoms with van der Waals surface area (Å²) in [4.78, 5) is 25.4. The number of carbonyl (C=O) groups is 1. The van der Waals surface area contributed by atoms with Crippen molar-refractivity contribution in [3.8, 4) is 22.4 Å². The van der Waals surface area contributed by atoms with Crippen LogP contribution >= 0.6 is 0 Å². The van der Waals surface area contributed by atoms with E-state index in [1.165, 1.54) is 0 Å². The number of nitrogens with two attached hydrogens (primary N) is 1. The van der Waals surface area contributed by atoms with Gasteiger partial charge >= 0.3 is 0 Å². The number of aryl methyl sites for hydroxylation is 2. The largest absolute Gasteiger partial charge is 0.369 e. The fraction of sp³-hybridized carbons (Fsp3) is 0.120. The number of hydrogen-bond donors (Lipinski definition) is 1. The molecule has 1 amide bonds. The Balaban J connectivity index is 1.68. The molecule has 0 spiro atoms. The Morgan fingerprint density at radius 2 is 1.73 bits per heavy atom. The summed E-state index contributed by atoms with van der Waals surface area (Å²) in [5.41, 5.74) is 13.2. The molecular weight excluding hydrogens is 372 g/mol. The molecule has 1 unspecified atom stereocenters. The average Bonchev–Trinajstić information content (AvgIpc) is 2.75. The summed E-state index contributed by atoms with van der Waals surface area (Å²) in [6.07, 6.45) is 5.27. The zero-order valence-corrected chi connectivity index (χ0v) is 16.9. The number of primary amides is 1. The van der Waals surface area contributed by atoms with Crippen LogP contribution in [0.15, 0.2) is 79.3 Å². The van der Waals surface area contributed by atoms with Crippen LogP contribution < -0.4 is 5.73 Å². The summed E-state index contributed by atoms with van der Waals surface area (Å²) in [6, 6.07) is 19.5. The monoisotopic (exact) mass is 394 g/mol. The molecule has 0 aliphatic heterocycles. The molecule has 3 aromatic heterocycles. The summed E-state index contributed by atoms with van der Waals surface area (Å²) in [5.74, 6) is -1.05. The molecule has 1 atom stereocenters. The van der Waals surface area contributed by atoms with Crippen molar-refractivity contribution >= 4 is 5.91 Å². The summed E-state index contributed by atoms with van der Waals surface area (Å²) in [5, 5.41) is 0. The van der Waals surface area contributed by atoms with Gasteiger partial charge in [-0.3, -0.25) is 19.7 Å². The molecule has 0 bridgehead atoms. The number of hydrogen-bond acceptors (Lipinski definition) is 4. The Labute approximate surface area is 175 Å². The second-order valence-corrected chi connectivity index (χ2v) is 7.28. The molecule has 0 aliphatic carbocycles. The lowest BCUT2D eigenvalue weighted by molar-refractivity contribution is -0.118. The van der Waals surface area contributed by atoms with Crippen LogP contribution in [0.25, 0.3) is 22.4 Å². The number of amides is 1. The highest BCUT2D eigenvalue weighted by molar-refractivity contribution is 5.85. The van der Waals surface area contributed by atoms with E-state index in [0.29, 0.717) is 5.69 Å². The Kier molecular flexibility index (Phi) is 5.35. The third-order valence-electron chi connectivity index (χ3n) is 5.12. The van der Waals surface area contributed by atoms with Gasteiger partial charge < -0.3 is 5.73 Å². The van der Waals surface area contributed by atoms with Gasteiger partial charge in [0.2, 0.25) is 5.91 Å². The van der Waals surface area contributed by atoms with E-state index in [4.69, 9.17) is 5.73 Å². The topological polar surface area (TPSA) is 81.8 Å². The first-order valence-corrected chi connectivity index (χ1v) is 9.73. The van der Waals surface area contributed by atoms with Gasteiger partial charge in [-0.25, -0.2) is 0 Å². The Morgan fingerprint density at radius 3 is 2.37 bits per heavy atom. The van der Waals surface area contributed by atoms with Crippen LogP contribution in [0.5, 0.6) is 0 Å². The molecule has 30 heavy (non-hydrogen) atoms. The number of aromatic nitrogens is 3. The quantitative estimate of drug-likeness (QED) is 0.542. The number of rotatable bonds is 5. The van der Waals surface area contributed by atoms with Crippen molar-refractivity contribution in [3.63, 3.8) is 0 Å². The van der Waals surface area contributed by atoms with Crippen LogP contribution in [0.1, 0.15) is 28.4 Å². The molecule has 1 aromatic carbocycles. The van der Waals surface area contributed by atoms with Crippen LogP contribution in [0.2, 0.25) is 0 Å². The maximum atomic E-state index is 12.3. The normalized spacial score (nSPS) is 11.8. The standard InChI is InChI=1S/C25H22N4O/c1-16-13-19(6-8-21(16)18-10-12-27-17(2)14-18)24(25(26)30)23-9-7-20(15-29-23)22-5-3-4-11-28-22/h3-15,24H,1-2H3,(H2,26,30). The molecule has 0 radical (unpaired) electrons. The molecule has 2 N–H and O–H groups in total. The first kappa shape index (κ1) is 19.5. The number of nitrogens with zero attached hydrogens (tertiary/aromatic N) is 3. The minimum Gasteiger partial charge on any atom is -0.369 e. The lowest BCUT2D eigenvalue weighted by atomic mass is 9.90. The maximum absolute atomic E-state index is 12.3. The lowest BCUT2D eigenvalue weighted by Crippen LogP contribution is -2.23. The van der Waals surface area contributed by atoms with Gasteiger partial charge in [0.25, 0.3) is 0 Å². The highest BCUT2D eigenvalue weighted by Gasteiger charge is 2.22. The Hall–Kier alpha value is -3.86. The maximum Gasteiger partial charge on any atom is 0.231 e. The Bertz CT molecular complexity index is 1190. The zero-order chi connectivity index (χ0) is 21.1. The van der Waals surface area contributed by atoms with Crippen molar-refractivity contribution in [1.29, 1.82) is 0 Å². The van der Waals surface area contributed by atoms with Crippen molar-refractivity contribution in [1.82, 2.24) is 15.0 Å². The second kappa shape index (κ2) is 8.25.